The van der Waals surface area contributed by atoms with Gasteiger partial charge in [-0.3, -0.25) is 19.9 Å². The lowest BCUT2D eigenvalue weighted by Gasteiger charge is -2.38. The first-order chi connectivity index (χ1) is 13.4. The van der Waals surface area contributed by atoms with Crippen LogP contribution in [0.2, 0.25) is 0 Å². The number of nitro groups is 1. The van der Waals surface area contributed by atoms with Gasteiger partial charge in [-0.15, -0.1) is 0 Å². The third-order valence-electron chi connectivity index (χ3n) is 4.05. The number of halogens is 1. The molecule has 2 rings (SSSR count). The van der Waals surface area contributed by atoms with E-state index in [2.05, 4.69) is 4.99 Å². The Morgan fingerprint density at radius 3 is 2.48 bits per heavy atom. The van der Waals surface area contributed by atoms with E-state index in [1.54, 1.807) is 20.8 Å². The number of hydrogen-bond donors (Lipinski definition) is 1. The largest absolute Gasteiger partial charge is 0.444 e. The number of benzene rings is 1. The quantitative estimate of drug-likeness (QED) is 0.455. The highest BCUT2D eigenvalue weighted by Gasteiger charge is 2.34. The number of allylic oxidation sites excluding steroid dienone is 1. The molecule has 1 aromatic rings. The minimum absolute atomic E-state index is 0.0468. The molecule has 2 N–H and O–H groups in total. The van der Waals surface area contributed by atoms with E-state index in [1.165, 1.54) is 24.0 Å². The summed E-state index contributed by atoms with van der Waals surface area (Å²) in [5, 5.41) is 11.0. The zero-order valence-corrected chi connectivity index (χ0v) is 16.6. The van der Waals surface area contributed by atoms with E-state index in [0.717, 1.165) is 12.3 Å². The zero-order chi connectivity index (χ0) is 21.9. The molecule has 1 amide bonds. The lowest BCUT2D eigenvalue weighted by atomic mass is 9.97. The Kier molecular flexibility index (Phi) is 6.35. The van der Waals surface area contributed by atoms with Crippen LogP contribution in [0.25, 0.3) is 5.57 Å². The first kappa shape index (κ1) is 22.0. The smallest absolute Gasteiger partial charge is 0.410 e. The second-order valence-corrected chi connectivity index (χ2v) is 7.55. The standard InChI is InChI=1S/C19H23FN4O5/c1-11(25)17(22-12-9-23(10-12)18(26)29-19(2,3)4)14(8-21)13-6-5-7-15(16(13)20)24(27)28/h5-8,12H,9-10,21H2,1-4H3/b14-8-,22-17?. The number of likely N-dealkylation sites (tertiary alicyclic amines) is 1. The number of aliphatic imine (C=N–C) groups is 1. The third-order valence-corrected chi connectivity index (χ3v) is 4.05. The number of ether oxygens (including phenoxy) is 1. The minimum atomic E-state index is -1.10. The van der Waals surface area contributed by atoms with Gasteiger partial charge in [0, 0.05) is 43.4 Å². The fourth-order valence-electron chi connectivity index (χ4n) is 2.71. The molecule has 10 heteroatoms. The highest BCUT2D eigenvalue weighted by Crippen LogP contribution is 2.27. The number of amides is 1. The van der Waals surface area contributed by atoms with Crippen molar-refractivity contribution in [3.05, 3.63) is 45.9 Å². The summed E-state index contributed by atoms with van der Waals surface area (Å²) in [4.78, 5) is 40.0. The van der Waals surface area contributed by atoms with Crippen LogP contribution in [-0.4, -0.2) is 52.1 Å². The first-order valence-electron chi connectivity index (χ1n) is 8.86. The number of nitro benzene ring substituents is 1. The third kappa shape index (κ3) is 5.15. The number of nitrogens with two attached hydrogens (primary N) is 1. The van der Waals surface area contributed by atoms with Crippen LogP contribution in [0, 0.1) is 15.9 Å². The lowest BCUT2D eigenvalue weighted by Crippen LogP contribution is -2.54. The van der Waals surface area contributed by atoms with Crippen LogP contribution in [0.5, 0.6) is 0 Å². The first-order valence-corrected chi connectivity index (χ1v) is 8.86. The normalized spacial score (nSPS) is 15.7. The van der Waals surface area contributed by atoms with Gasteiger partial charge < -0.3 is 15.4 Å². The monoisotopic (exact) mass is 406 g/mol. The molecule has 0 spiro atoms. The summed E-state index contributed by atoms with van der Waals surface area (Å²) in [6.07, 6.45) is 0.500. The molecule has 156 valence electrons. The molecule has 1 heterocycles. The summed E-state index contributed by atoms with van der Waals surface area (Å²) in [5.41, 5.74) is 3.88. The molecular weight excluding hydrogens is 383 g/mol. The van der Waals surface area contributed by atoms with Crippen LogP contribution < -0.4 is 5.73 Å². The number of hydrogen-bond acceptors (Lipinski definition) is 7. The molecule has 0 unspecified atom stereocenters. The van der Waals surface area contributed by atoms with Crippen molar-refractivity contribution in [3.63, 3.8) is 0 Å². The van der Waals surface area contributed by atoms with Crippen molar-refractivity contribution >= 4 is 28.8 Å². The van der Waals surface area contributed by atoms with E-state index in [1.807, 2.05) is 0 Å². The molecule has 1 aliphatic rings. The predicted octanol–water partition coefficient (Wildman–Crippen LogP) is 2.68. The van der Waals surface area contributed by atoms with Crippen molar-refractivity contribution in [1.29, 1.82) is 0 Å². The van der Waals surface area contributed by atoms with Crippen LogP contribution >= 0.6 is 0 Å². The van der Waals surface area contributed by atoms with E-state index < -0.39 is 39.9 Å². The average molecular weight is 406 g/mol. The minimum Gasteiger partial charge on any atom is -0.444 e. The summed E-state index contributed by atoms with van der Waals surface area (Å²) in [6.45, 7) is 6.93. The lowest BCUT2D eigenvalue weighted by molar-refractivity contribution is -0.387. The highest BCUT2D eigenvalue weighted by atomic mass is 19.1. The maximum Gasteiger partial charge on any atom is 0.410 e. The van der Waals surface area contributed by atoms with Gasteiger partial charge in [0.05, 0.1) is 11.0 Å². The summed E-state index contributed by atoms with van der Waals surface area (Å²) in [7, 11) is 0. The van der Waals surface area contributed by atoms with Crippen molar-refractivity contribution in [3.8, 4) is 0 Å². The molecule has 1 aromatic carbocycles. The Morgan fingerprint density at radius 2 is 2.00 bits per heavy atom. The Bertz CT molecular complexity index is 898. The van der Waals surface area contributed by atoms with Crippen molar-refractivity contribution in [1.82, 2.24) is 4.90 Å². The summed E-state index contributed by atoms with van der Waals surface area (Å²) >= 11 is 0. The maximum absolute atomic E-state index is 14.6. The Labute approximate surface area is 167 Å². The van der Waals surface area contributed by atoms with Crippen LogP contribution in [-0.2, 0) is 9.53 Å². The van der Waals surface area contributed by atoms with E-state index >= 15 is 0 Å². The Morgan fingerprint density at radius 1 is 1.38 bits per heavy atom. The molecule has 1 fully saturated rings. The second kappa shape index (κ2) is 8.38. The number of rotatable bonds is 5. The number of nitrogens with zero attached hydrogens (tertiary/aromatic N) is 3. The molecule has 1 aliphatic heterocycles. The van der Waals surface area contributed by atoms with Gasteiger partial charge in [-0.2, -0.15) is 4.39 Å². The number of carbonyl (C=O) groups is 2. The maximum atomic E-state index is 14.6. The van der Waals surface area contributed by atoms with Gasteiger partial charge in [-0.25, -0.2) is 4.79 Å². The molecule has 1 saturated heterocycles. The van der Waals surface area contributed by atoms with E-state index in [-0.39, 0.29) is 29.9 Å². The van der Waals surface area contributed by atoms with Crippen LogP contribution in [0.1, 0.15) is 33.3 Å². The number of carbonyl (C=O) groups excluding carboxylic acids is 2. The molecule has 0 saturated carbocycles. The number of ketones is 1. The van der Waals surface area contributed by atoms with Crippen LogP contribution in [0.4, 0.5) is 14.9 Å². The SMILES string of the molecule is CC(=O)C(=NC1CN(C(=O)OC(C)(C)C)C1)/C(=C\N)c1cccc([N+](=O)[O-])c1F. The van der Waals surface area contributed by atoms with Crippen molar-refractivity contribution < 1.29 is 23.6 Å². The summed E-state index contributed by atoms with van der Waals surface area (Å²) in [5.74, 6) is -1.59. The van der Waals surface area contributed by atoms with Crippen LogP contribution in [0.15, 0.2) is 29.4 Å². The van der Waals surface area contributed by atoms with E-state index in [9.17, 15) is 24.1 Å². The van der Waals surface area contributed by atoms with Crippen molar-refractivity contribution in [2.45, 2.75) is 39.3 Å². The second-order valence-electron chi connectivity index (χ2n) is 7.55. The topological polar surface area (TPSA) is 128 Å². The van der Waals surface area contributed by atoms with E-state index in [4.69, 9.17) is 10.5 Å². The number of Topliss-reactive ketones (excluding diaryl/α,β-unsaturated/α-hetero) is 1. The van der Waals surface area contributed by atoms with E-state index in [0.29, 0.717) is 0 Å². The van der Waals surface area contributed by atoms with Gasteiger partial charge in [0.2, 0.25) is 5.82 Å². The predicted molar refractivity (Wildman–Crippen MR) is 105 cm³/mol. The molecular formula is C19H23FN4O5. The van der Waals surface area contributed by atoms with Gasteiger partial charge in [0.25, 0.3) is 0 Å². The molecule has 0 aromatic heterocycles. The van der Waals surface area contributed by atoms with Gasteiger partial charge in [-0.1, -0.05) is 12.1 Å². The fourth-order valence-corrected chi connectivity index (χ4v) is 2.71. The highest BCUT2D eigenvalue weighted by molar-refractivity contribution is 6.55. The van der Waals surface area contributed by atoms with Crippen molar-refractivity contribution in [2.75, 3.05) is 13.1 Å². The fraction of sp³-hybridized carbons (Fsp3) is 0.421. The van der Waals surface area contributed by atoms with Gasteiger partial charge in [-0.05, 0) is 20.8 Å². The van der Waals surface area contributed by atoms with Gasteiger partial charge >= 0.3 is 11.8 Å². The zero-order valence-electron chi connectivity index (χ0n) is 16.6. The molecule has 9 nitrogen and oxygen atoms in total. The Hall–Kier alpha value is -3.30. The average Bonchev–Trinajstić information content (AvgIpc) is 2.55. The van der Waals surface area contributed by atoms with Gasteiger partial charge in [0.1, 0.15) is 11.3 Å². The van der Waals surface area contributed by atoms with Crippen molar-refractivity contribution in [2.24, 2.45) is 10.7 Å². The molecule has 0 bridgehead atoms. The Balaban J connectivity index is 2.26. The van der Waals surface area contributed by atoms with Gasteiger partial charge in [0.15, 0.2) is 5.78 Å². The molecule has 0 atom stereocenters. The summed E-state index contributed by atoms with van der Waals surface area (Å²) < 4.78 is 19.8. The molecule has 0 aliphatic carbocycles. The van der Waals surface area contributed by atoms with Crippen LogP contribution in [0.3, 0.4) is 0 Å². The molecule has 29 heavy (non-hydrogen) atoms. The molecule has 0 radical (unpaired) electrons. The summed E-state index contributed by atoms with van der Waals surface area (Å²) in [6, 6.07) is 3.19.